The van der Waals surface area contributed by atoms with E-state index < -0.39 is 5.56 Å². The summed E-state index contributed by atoms with van der Waals surface area (Å²) in [6.07, 6.45) is 4.26. The van der Waals surface area contributed by atoms with Crippen molar-refractivity contribution in [2.75, 3.05) is 37.6 Å². The molecule has 9 heteroatoms. The Balaban J connectivity index is 1.21. The van der Waals surface area contributed by atoms with Gasteiger partial charge in [-0.05, 0) is 42.7 Å². The predicted molar refractivity (Wildman–Crippen MR) is 130 cm³/mol. The molecule has 0 saturated carbocycles. The maximum absolute atomic E-state index is 12.9. The number of aromatic nitrogens is 3. The molecule has 2 aromatic heterocycles. The van der Waals surface area contributed by atoms with E-state index >= 15 is 0 Å². The van der Waals surface area contributed by atoms with E-state index in [2.05, 4.69) is 56.4 Å². The number of nitrogens with zero attached hydrogens (tertiary/aromatic N) is 5. The Kier molecular flexibility index (Phi) is 6.41. The van der Waals surface area contributed by atoms with E-state index in [9.17, 15) is 9.59 Å². The summed E-state index contributed by atoms with van der Waals surface area (Å²) in [5.41, 5.74) is 2.68. The third-order valence-electron chi connectivity index (χ3n) is 6.55. The molecule has 4 heterocycles. The van der Waals surface area contributed by atoms with E-state index in [4.69, 9.17) is 0 Å². The highest BCUT2D eigenvalue weighted by Crippen LogP contribution is 2.27. The monoisotopic (exact) mass is 466 g/mol. The zero-order valence-electron chi connectivity index (χ0n) is 19.0. The number of hydrogen-bond donors (Lipinski definition) is 1. The van der Waals surface area contributed by atoms with Crippen LogP contribution in [0.25, 0.3) is 4.96 Å². The number of carbonyl (C=O) groups is 1. The number of benzene rings is 1. The first-order chi connectivity index (χ1) is 16.1. The second-order valence-corrected chi connectivity index (χ2v) is 10.1. The van der Waals surface area contributed by atoms with E-state index in [0.717, 1.165) is 57.1 Å². The molecule has 8 nitrogen and oxygen atoms in total. The molecule has 5 rings (SSSR count). The Morgan fingerprint density at radius 3 is 2.94 bits per heavy atom. The highest BCUT2D eigenvalue weighted by Gasteiger charge is 2.22. The van der Waals surface area contributed by atoms with Gasteiger partial charge in [0.2, 0.25) is 10.1 Å². The number of amides is 1. The lowest BCUT2D eigenvalue weighted by molar-refractivity contribution is 0.0943. The molecular formula is C24H30N6O2S. The Bertz CT molecular complexity index is 1210. The SMILES string of the molecule is C[C@@H]1CCCN(c2nn3c(C(=O)NCCCN4CCc5ccccc5C4)cc(=O)nc3s2)C1. The van der Waals surface area contributed by atoms with E-state index in [1.165, 1.54) is 39.5 Å². The second kappa shape index (κ2) is 9.61. The van der Waals surface area contributed by atoms with Crippen molar-refractivity contribution in [3.8, 4) is 0 Å². The third kappa shape index (κ3) is 4.94. The molecule has 1 amide bonds. The molecule has 0 unspecified atom stereocenters. The third-order valence-corrected chi connectivity index (χ3v) is 7.52. The summed E-state index contributed by atoms with van der Waals surface area (Å²) in [5, 5.41) is 8.44. The van der Waals surface area contributed by atoms with Crippen LogP contribution in [-0.2, 0) is 13.0 Å². The molecule has 2 aliphatic rings. The van der Waals surface area contributed by atoms with Gasteiger partial charge >= 0.3 is 0 Å². The van der Waals surface area contributed by atoms with E-state index in [-0.39, 0.29) is 11.6 Å². The van der Waals surface area contributed by atoms with Crippen LogP contribution in [0.3, 0.4) is 0 Å². The summed E-state index contributed by atoms with van der Waals surface area (Å²) in [6, 6.07) is 9.88. The number of anilines is 1. The molecule has 0 aliphatic carbocycles. The van der Waals surface area contributed by atoms with Crippen LogP contribution < -0.4 is 15.8 Å². The summed E-state index contributed by atoms with van der Waals surface area (Å²) in [7, 11) is 0. The molecule has 1 atom stereocenters. The molecule has 0 spiro atoms. The number of nitrogens with one attached hydrogen (secondary N) is 1. The summed E-state index contributed by atoms with van der Waals surface area (Å²) in [4.78, 5) is 34.2. The minimum atomic E-state index is -0.408. The fourth-order valence-corrected chi connectivity index (χ4v) is 5.74. The van der Waals surface area contributed by atoms with Crippen molar-refractivity contribution >= 4 is 27.3 Å². The van der Waals surface area contributed by atoms with Crippen molar-refractivity contribution < 1.29 is 4.79 Å². The zero-order chi connectivity index (χ0) is 22.8. The predicted octanol–water partition coefficient (Wildman–Crippen LogP) is 2.57. The number of carbonyl (C=O) groups excluding carboxylic acids is 1. The Hall–Kier alpha value is -2.78. The molecule has 33 heavy (non-hydrogen) atoms. The van der Waals surface area contributed by atoms with E-state index in [0.29, 0.717) is 17.4 Å². The van der Waals surface area contributed by atoms with Gasteiger partial charge in [-0.2, -0.15) is 9.50 Å². The van der Waals surface area contributed by atoms with Gasteiger partial charge in [0.15, 0.2) is 0 Å². The summed E-state index contributed by atoms with van der Waals surface area (Å²) < 4.78 is 1.53. The van der Waals surface area contributed by atoms with Crippen molar-refractivity contribution in [1.29, 1.82) is 0 Å². The normalized spacial score (nSPS) is 18.9. The number of fused-ring (bicyclic) bond motifs is 2. The topological polar surface area (TPSA) is 82.8 Å². The highest BCUT2D eigenvalue weighted by atomic mass is 32.1. The summed E-state index contributed by atoms with van der Waals surface area (Å²) >= 11 is 1.37. The molecule has 0 bridgehead atoms. The van der Waals surface area contributed by atoms with Gasteiger partial charge in [-0.25, -0.2) is 0 Å². The highest BCUT2D eigenvalue weighted by molar-refractivity contribution is 7.20. The van der Waals surface area contributed by atoms with Gasteiger partial charge in [-0.3, -0.25) is 14.5 Å². The van der Waals surface area contributed by atoms with Gasteiger partial charge in [0.05, 0.1) is 0 Å². The van der Waals surface area contributed by atoms with Gasteiger partial charge in [0.25, 0.3) is 11.5 Å². The van der Waals surface area contributed by atoms with Crippen LogP contribution in [0, 0.1) is 5.92 Å². The first kappa shape index (κ1) is 22.0. The van der Waals surface area contributed by atoms with Crippen LogP contribution in [0.5, 0.6) is 0 Å². The molecule has 1 N–H and O–H groups in total. The first-order valence-electron chi connectivity index (χ1n) is 11.8. The minimum Gasteiger partial charge on any atom is -0.351 e. The van der Waals surface area contributed by atoms with Crippen molar-refractivity contribution in [1.82, 2.24) is 24.8 Å². The van der Waals surface area contributed by atoms with Gasteiger partial charge < -0.3 is 10.2 Å². The molecule has 2 aliphatic heterocycles. The van der Waals surface area contributed by atoms with Crippen LogP contribution in [0.15, 0.2) is 35.1 Å². The largest absolute Gasteiger partial charge is 0.351 e. The molecule has 0 radical (unpaired) electrons. The van der Waals surface area contributed by atoms with E-state index in [1.54, 1.807) is 0 Å². The maximum Gasteiger partial charge on any atom is 0.274 e. The van der Waals surface area contributed by atoms with Gasteiger partial charge in [-0.1, -0.05) is 42.5 Å². The van der Waals surface area contributed by atoms with Crippen LogP contribution in [0.4, 0.5) is 5.13 Å². The second-order valence-electron chi connectivity index (χ2n) is 9.16. The van der Waals surface area contributed by atoms with Crippen molar-refractivity contribution in [2.45, 2.75) is 39.2 Å². The molecule has 3 aromatic rings. The molecule has 1 fully saturated rings. The molecule has 1 saturated heterocycles. The van der Waals surface area contributed by atoms with Gasteiger partial charge in [0.1, 0.15) is 5.69 Å². The minimum absolute atomic E-state index is 0.254. The van der Waals surface area contributed by atoms with Crippen molar-refractivity contribution in [2.24, 2.45) is 5.92 Å². The lowest BCUT2D eigenvalue weighted by atomic mass is 10.00. The fraction of sp³-hybridized carbons (Fsp3) is 0.500. The van der Waals surface area contributed by atoms with E-state index in [1.807, 2.05) is 0 Å². The molecular weight excluding hydrogens is 436 g/mol. The number of rotatable bonds is 6. The van der Waals surface area contributed by atoms with Crippen LogP contribution >= 0.6 is 11.3 Å². The zero-order valence-corrected chi connectivity index (χ0v) is 19.8. The Morgan fingerprint density at radius 2 is 2.09 bits per heavy atom. The quantitative estimate of drug-likeness (QED) is 0.563. The average Bonchev–Trinajstić information content (AvgIpc) is 3.25. The van der Waals surface area contributed by atoms with Gasteiger partial charge in [0, 0.05) is 45.3 Å². The standard InChI is InChI=1S/C24H30N6O2S/c1-17-6-4-12-29(15-17)24-27-30-20(14-21(31)26-23(30)33-24)22(32)25-10-5-11-28-13-9-18-7-2-3-8-19(18)16-28/h2-3,7-8,14,17H,4-6,9-13,15-16H2,1H3,(H,25,32)/t17-/m1/s1. The Morgan fingerprint density at radius 1 is 1.24 bits per heavy atom. The maximum atomic E-state index is 12.9. The lowest BCUT2D eigenvalue weighted by Gasteiger charge is -2.30. The number of hydrogen-bond acceptors (Lipinski definition) is 7. The van der Waals surface area contributed by atoms with Crippen molar-refractivity contribution in [3.05, 3.63) is 57.5 Å². The fourth-order valence-electron chi connectivity index (χ4n) is 4.80. The Labute approximate surface area is 197 Å². The van der Waals surface area contributed by atoms with Crippen molar-refractivity contribution in [3.63, 3.8) is 0 Å². The molecule has 174 valence electrons. The van der Waals surface area contributed by atoms with Crippen LogP contribution in [0.2, 0.25) is 0 Å². The smallest absolute Gasteiger partial charge is 0.274 e. The lowest BCUT2D eigenvalue weighted by Crippen LogP contribution is -2.35. The summed E-state index contributed by atoms with van der Waals surface area (Å²) in [5.74, 6) is 0.326. The van der Waals surface area contributed by atoms with Gasteiger partial charge in [-0.15, -0.1) is 5.10 Å². The first-order valence-corrected chi connectivity index (χ1v) is 12.6. The van der Waals surface area contributed by atoms with Crippen LogP contribution in [-0.4, -0.2) is 58.1 Å². The molecule has 1 aromatic carbocycles. The summed E-state index contributed by atoms with van der Waals surface area (Å²) in [6.45, 7) is 7.60. The average molecular weight is 467 g/mol. The van der Waals surface area contributed by atoms with Crippen LogP contribution in [0.1, 0.15) is 47.8 Å². The number of piperidine rings is 1.